The highest BCUT2D eigenvalue weighted by atomic mass is 35.5. The maximum Gasteiger partial charge on any atom is 0.325 e. The first kappa shape index (κ1) is 17.3. The number of nitrogens with one attached hydrogen (secondary N) is 2. The van der Waals surface area contributed by atoms with Crippen LogP contribution in [0.15, 0.2) is 18.2 Å². The lowest BCUT2D eigenvalue weighted by molar-refractivity contribution is -0.138. The molecule has 0 saturated carbocycles. The SMILES string of the molecule is CCC(C)(C)NC(=O)c1ccc(NCC(=O)OC)cc1Cl. The summed E-state index contributed by atoms with van der Waals surface area (Å²) in [5, 5.41) is 6.12. The molecule has 0 spiro atoms. The first-order valence-electron chi connectivity index (χ1n) is 6.72. The molecule has 2 N–H and O–H groups in total. The van der Waals surface area contributed by atoms with Gasteiger partial charge in [-0.05, 0) is 38.5 Å². The molecule has 1 rings (SSSR count). The van der Waals surface area contributed by atoms with Crippen molar-refractivity contribution in [1.82, 2.24) is 5.32 Å². The topological polar surface area (TPSA) is 67.4 Å². The van der Waals surface area contributed by atoms with Crippen molar-refractivity contribution in [3.63, 3.8) is 0 Å². The summed E-state index contributed by atoms with van der Waals surface area (Å²) in [5.41, 5.74) is 0.765. The van der Waals surface area contributed by atoms with Gasteiger partial charge in [-0.15, -0.1) is 0 Å². The first-order chi connectivity index (χ1) is 9.79. The summed E-state index contributed by atoms with van der Waals surface area (Å²) in [7, 11) is 1.32. The molecule has 0 aliphatic heterocycles. The average molecular weight is 313 g/mol. The molecule has 0 heterocycles. The van der Waals surface area contributed by atoms with E-state index in [1.807, 2.05) is 20.8 Å². The molecule has 116 valence electrons. The second-order valence-electron chi connectivity index (χ2n) is 5.32. The molecule has 0 fully saturated rings. The number of carbonyl (C=O) groups is 2. The predicted molar refractivity (Wildman–Crippen MR) is 83.8 cm³/mol. The normalized spacial score (nSPS) is 10.9. The number of benzene rings is 1. The number of carbonyl (C=O) groups excluding carboxylic acids is 2. The van der Waals surface area contributed by atoms with E-state index in [1.165, 1.54) is 7.11 Å². The van der Waals surface area contributed by atoms with Gasteiger partial charge in [0.2, 0.25) is 0 Å². The van der Waals surface area contributed by atoms with Gasteiger partial charge in [0.25, 0.3) is 5.91 Å². The highest BCUT2D eigenvalue weighted by Crippen LogP contribution is 2.22. The first-order valence-corrected chi connectivity index (χ1v) is 7.09. The maximum atomic E-state index is 12.2. The van der Waals surface area contributed by atoms with E-state index in [2.05, 4.69) is 15.4 Å². The summed E-state index contributed by atoms with van der Waals surface area (Å²) < 4.78 is 4.53. The molecule has 6 heteroatoms. The van der Waals surface area contributed by atoms with Crippen LogP contribution >= 0.6 is 11.6 Å². The molecule has 0 unspecified atom stereocenters. The Morgan fingerprint density at radius 1 is 1.33 bits per heavy atom. The second kappa shape index (κ2) is 7.31. The van der Waals surface area contributed by atoms with Gasteiger partial charge in [0.15, 0.2) is 0 Å². The number of hydrogen-bond donors (Lipinski definition) is 2. The summed E-state index contributed by atoms with van der Waals surface area (Å²) >= 11 is 6.13. The summed E-state index contributed by atoms with van der Waals surface area (Å²) in [4.78, 5) is 23.2. The summed E-state index contributed by atoms with van der Waals surface area (Å²) in [6, 6.07) is 4.93. The van der Waals surface area contributed by atoms with Crippen LogP contribution in [-0.2, 0) is 9.53 Å². The van der Waals surface area contributed by atoms with Crippen molar-refractivity contribution in [1.29, 1.82) is 0 Å². The monoisotopic (exact) mass is 312 g/mol. The van der Waals surface area contributed by atoms with Gasteiger partial charge in [0.05, 0.1) is 17.7 Å². The van der Waals surface area contributed by atoms with E-state index in [-0.39, 0.29) is 24.0 Å². The minimum absolute atomic E-state index is 0.0429. The Balaban J connectivity index is 2.78. The molecule has 1 aromatic rings. The Bertz CT molecular complexity index is 530. The van der Waals surface area contributed by atoms with E-state index in [4.69, 9.17) is 11.6 Å². The zero-order chi connectivity index (χ0) is 16.0. The number of hydrogen-bond acceptors (Lipinski definition) is 4. The van der Waals surface area contributed by atoms with Crippen LogP contribution in [0.25, 0.3) is 0 Å². The number of methoxy groups -OCH3 is 1. The van der Waals surface area contributed by atoms with Gasteiger partial charge in [0, 0.05) is 11.2 Å². The van der Waals surface area contributed by atoms with Crippen LogP contribution in [0.1, 0.15) is 37.6 Å². The van der Waals surface area contributed by atoms with Crippen molar-refractivity contribution >= 4 is 29.2 Å². The van der Waals surface area contributed by atoms with E-state index in [0.717, 1.165) is 6.42 Å². The third-order valence-corrected chi connectivity index (χ3v) is 3.53. The molecule has 0 aromatic heterocycles. The van der Waals surface area contributed by atoms with Crippen LogP contribution in [0, 0.1) is 0 Å². The fourth-order valence-corrected chi connectivity index (χ4v) is 1.79. The van der Waals surface area contributed by atoms with Crippen molar-refractivity contribution < 1.29 is 14.3 Å². The lowest BCUT2D eigenvalue weighted by Crippen LogP contribution is -2.42. The second-order valence-corrected chi connectivity index (χ2v) is 5.72. The van der Waals surface area contributed by atoms with Gasteiger partial charge in [-0.25, -0.2) is 0 Å². The molecule has 1 aromatic carbocycles. The standard InChI is InChI=1S/C15H21ClN2O3/c1-5-15(2,3)18-14(20)11-7-6-10(8-12(11)16)17-9-13(19)21-4/h6-8,17H,5,9H2,1-4H3,(H,18,20). The molecule has 0 saturated heterocycles. The van der Waals surface area contributed by atoms with E-state index in [9.17, 15) is 9.59 Å². The lowest BCUT2D eigenvalue weighted by atomic mass is 10.0. The molecule has 21 heavy (non-hydrogen) atoms. The van der Waals surface area contributed by atoms with Gasteiger partial charge in [0.1, 0.15) is 6.54 Å². The summed E-state index contributed by atoms with van der Waals surface area (Å²) in [5.74, 6) is -0.594. The largest absolute Gasteiger partial charge is 0.468 e. The highest BCUT2D eigenvalue weighted by Gasteiger charge is 2.20. The van der Waals surface area contributed by atoms with E-state index < -0.39 is 0 Å². The van der Waals surface area contributed by atoms with Gasteiger partial charge < -0.3 is 15.4 Å². The Kier molecular flexibility index (Phi) is 6.03. The van der Waals surface area contributed by atoms with E-state index in [1.54, 1.807) is 18.2 Å². The number of halogens is 1. The fourth-order valence-electron chi connectivity index (χ4n) is 1.52. The molecule has 1 amide bonds. The maximum absolute atomic E-state index is 12.2. The lowest BCUT2D eigenvalue weighted by Gasteiger charge is -2.24. The zero-order valence-electron chi connectivity index (χ0n) is 12.7. The third kappa shape index (κ3) is 5.27. The summed E-state index contributed by atoms with van der Waals surface area (Å²) in [6.45, 7) is 5.94. The van der Waals surface area contributed by atoms with Gasteiger partial charge in [-0.2, -0.15) is 0 Å². The zero-order valence-corrected chi connectivity index (χ0v) is 13.5. The van der Waals surface area contributed by atoms with Crippen molar-refractivity contribution in [3.8, 4) is 0 Å². The molecule has 5 nitrogen and oxygen atoms in total. The molecular formula is C15H21ClN2O3. The van der Waals surface area contributed by atoms with Crippen LogP contribution < -0.4 is 10.6 Å². The smallest absolute Gasteiger partial charge is 0.325 e. The van der Waals surface area contributed by atoms with Crippen LogP contribution in [-0.4, -0.2) is 31.1 Å². The number of amides is 1. The fraction of sp³-hybridized carbons (Fsp3) is 0.467. The number of ether oxygens (including phenoxy) is 1. The van der Waals surface area contributed by atoms with Crippen molar-refractivity contribution in [2.75, 3.05) is 19.0 Å². The van der Waals surface area contributed by atoms with E-state index in [0.29, 0.717) is 16.3 Å². The number of anilines is 1. The van der Waals surface area contributed by atoms with Crippen LogP contribution in [0.3, 0.4) is 0 Å². The average Bonchev–Trinajstić information content (AvgIpc) is 2.44. The number of esters is 1. The Hall–Kier alpha value is -1.75. The van der Waals surface area contributed by atoms with Crippen molar-refractivity contribution in [2.24, 2.45) is 0 Å². The minimum atomic E-state index is -0.377. The molecule has 0 radical (unpaired) electrons. The van der Waals surface area contributed by atoms with E-state index >= 15 is 0 Å². The van der Waals surface area contributed by atoms with Gasteiger partial charge in [-0.3, -0.25) is 9.59 Å². The van der Waals surface area contributed by atoms with Crippen LogP contribution in [0.2, 0.25) is 5.02 Å². The third-order valence-electron chi connectivity index (χ3n) is 3.21. The quantitative estimate of drug-likeness (QED) is 0.793. The molecule has 0 aliphatic rings. The predicted octanol–water partition coefficient (Wildman–Crippen LogP) is 2.84. The molecular weight excluding hydrogens is 292 g/mol. The molecule has 0 atom stereocenters. The highest BCUT2D eigenvalue weighted by molar-refractivity contribution is 6.34. The van der Waals surface area contributed by atoms with Crippen LogP contribution in [0.5, 0.6) is 0 Å². The minimum Gasteiger partial charge on any atom is -0.468 e. The molecule has 0 bridgehead atoms. The Labute approximate surface area is 130 Å². The van der Waals surface area contributed by atoms with Gasteiger partial charge >= 0.3 is 5.97 Å². The van der Waals surface area contributed by atoms with Crippen molar-refractivity contribution in [2.45, 2.75) is 32.7 Å². The number of rotatable bonds is 6. The summed E-state index contributed by atoms with van der Waals surface area (Å²) in [6.07, 6.45) is 0.815. The Morgan fingerprint density at radius 3 is 2.52 bits per heavy atom. The van der Waals surface area contributed by atoms with Crippen molar-refractivity contribution in [3.05, 3.63) is 28.8 Å². The van der Waals surface area contributed by atoms with Gasteiger partial charge in [-0.1, -0.05) is 18.5 Å². The van der Waals surface area contributed by atoms with Crippen LogP contribution in [0.4, 0.5) is 5.69 Å². The molecule has 0 aliphatic carbocycles. The Morgan fingerprint density at radius 2 is 2.00 bits per heavy atom.